The Kier molecular flexibility index (Phi) is 4.30. The molecular weight excluding hydrogens is 246 g/mol. The van der Waals surface area contributed by atoms with Crippen LogP contribution in [0, 0.1) is 12.8 Å². The van der Waals surface area contributed by atoms with Crippen molar-refractivity contribution in [2.45, 2.75) is 31.2 Å². The Morgan fingerprint density at radius 2 is 2.33 bits per heavy atom. The first-order chi connectivity index (χ1) is 8.58. The standard InChI is InChI=1S/C14H19NO2S/c1-9-3-4-12(18)7-13(9)14(16)15-10(2)11-5-6-17-8-11/h3-4,7,10-11,18H,5-6,8H2,1-2H3,(H,15,16). The number of rotatable bonds is 3. The monoisotopic (exact) mass is 265 g/mol. The van der Waals surface area contributed by atoms with Gasteiger partial charge in [0.25, 0.3) is 5.91 Å². The minimum Gasteiger partial charge on any atom is -0.381 e. The second-order valence-electron chi connectivity index (χ2n) is 4.89. The van der Waals surface area contributed by atoms with Crippen molar-refractivity contribution in [1.82, 2.24) is 5.32 Å². The highest BCUT2D eigenvalue weighted by Gasteiger charge is 2.24. The smallest absolute Gasteiger partial charge is 0.251 e. The second-order valence-corrected chi connectivity index (χ2v) is 5.40. The van der Waals surface area contributed by atoms with E-state index in [2.05, 4.69) is 17.9 Å². The predicted octanol–water partition coefficient (Wildman–Crippen LogP) is 2.44. The number of amides is 1. The number of benzene rings is 1. The number of aryl methyl sites for hydroxylation is 1. The van der Waals surface area contributed by atoms with Gasteiger partial charge in [0, 0.05) is 29.0 Å². The third-order valence-electron chi connectivity index (χ3n) is 3.50. The summed E-state index contributed by atoms with van der Waals surface area (Å²) in [6.45, 7) is 5.52. The molecule has 1 saturated heterocycles. The highest BCUT2D eigenvalue weighted by atomic mass is 32.1. The first kappa shape index (κ1) is 13.4. The predicted molar refractivity (Wildman–Crippen MR) is 74.3 cm³/mol. The van der Waals surface area contributed by atoms with E-state index in [1.807, 2.05) is 32.0 Å². The molecule has 1 N–H and O–H groups in total. The zero-order valence-corrected chi connectivity index (χ0v) is 11.7. The van der Waals surface area contributed by atoms with Crippen molar-refractivity contribution in [2.24, 2.45) is 5.92 Å². The lowest BCUT2D eigenvalue weighted by atomic mass is 10.00. The van der Waals surface area contributed by atoms with Crippen LogP contribution in [0.1, 0.15) is 29.3 Å². The molecular formula is C14H19NO2S. The topological polar surface area (TPSA) is 38.3 Å². The highest BCUT2D eigenvalue weighted by molar-refractivity contribution is 7.80. The Bertz CT molecular complexity index is 441. The first-order valence-corrected chi connectivity index (χ1v) is 6.71. The van der Waals surface area contributed by atoms with Gasteiger partial charge in [-0.15, -0.1) is 12.6 Å². The fourth-order valence-electron chi connectivity index (χ4n) is 2.20. The fraction of sp³-hybridized carbons (Fsp3) is 0.500. The van der Waals surface area contributed by atoms with Gasteiger partial charge >= 0.3 is 0 Å². The van der Waals surface area contributed by atoms with Crippen molar-refractivity contribution < 1.29 is 9.53 Å². The van der Waals surface area contributed by atoms with E-state index >= 15 is 0 Å². The normalized spacial score (nSPS) is 20.7. The zero-order valence-electron chi connectivity index (χ0n) is 10.8. The van der Waals surface area contributed by atoms with Gasteiger partial charge < -0.3 is 10.1 Å². The van der Waals surface area contributed by atoms with E-state index in [0.717, 1.165) is 30.1 Å². The molecule has 4 heteroatoms. The molecule has 1 fully saturated rings. The van der Waals surface area contributed by atoms with Crippen LogP contribution in [0.3, 0.4) is 0 Å². The van der Waals surface area contributed by atoms with E-state index in [0.29, 0.717) is 11.5 Å². The Hall–Kier alpha value is -1.00. The molecule has 1 aliphatic rings. The summed E-state index contributed by atoms with van der Waals surface area (Å²) in [6, 6.07) is 5.76. The van der Waals surface area contributed by atoms with E-state index in [-0.39, 0.29) is 11.9 Å². The maximum atomic E-state index is 12.2. The molecule has 1 heterocycles. The zero-order chi connectivity index (χ0) is 13.1. The molecule has 0 saturated carbocycles. The van der Waals surface area contributed by atoms with Crippen molar-refractivity contribution in [3.8, 4) is 0 Å². The van der Waals surface area contributed by atoms with Crippen molar-refractivity contribution in [3.63, 3.8) is 0 Å². The molecule has 2 unspecified atom stereocenters. The summed E-state index contributed by atoms with van der Waals surface area (Å²) in [4.78, 5) is 13.0. The summed E-state index contributed by atoms with van der Waals surface area (Å²) >= 11 is 4.27. The van der Waals surface area contributed by atoms with Gasteiger partial charge in [0.05, 0.1) is 6.61 Å². The molecule has 18 heavy (non-hydrogen) atoms. The molecule has 1 aromatic carbocycles. The molecule has 0 aromatic heterocycles. The van der Waals surface area contributed by atoms with Gasteiger partial charge in [-0.05, 0) is 38.0 Å². The van der Waals surface area contributed by atoms with Crippen molar-refractivity contribution in [1.29, 1.82) is 0 Å². The van der Waals surface area contributed by atoms with Crippen molar-refractivity contribution >= 4 is 18.5 Å². The number of carbonyl (C=O) groups is 1. The minimum absolute atomic E-state index is 0.0252. The quantitative estimate of drug-likeness (QED) is 0.824. The van der Waals surface area contributed by atoms with Gasteiger partial charge in [-0.3, -0.25) is 4.79 Å². The molecule has 1 aromatic rings. The van der Waals surface area contributed by atoms with Crippen molar-refractivity contribution in [3.05, 3.63) is 29.3 Å². The first-order valence-electron chi connectivity index (χ1n) is 6.26. The summed E-state index contributed by atoms with van der Waals surface area (Å²) < 4.78 is 5.34. The Balaban J connectivity index is 2.04. The molecule has 98 valence electrons. The van der Waals surface area contributed by atoms with Gasteiger partial charge in [0.15, 0.2) is 0 Å². The van der Waals surface area contributed by atoms with Crippen LogP contribution < -0.4 is 5.32 Å². The number of ether oxygens (including phenoxy) is 1. The molecule has 0 aliphatic carbocycles. The van der Waals surface area contributed by atoms with Gasteiger partial charge in [-0.2, -0.15) is 0 Å². The average Bonchev–Trinajstić information content (AvgIpc) is 2.85. The van der Waals surface area contributed by atoms with Gasteiger partial charge in [-0.25, -0.2) is 0 Å². The number of thiol groups is 1. The van der Waals surface area contributed by atoms with E-state index in [9.17, 15) is 4.79 Å². The third-order valence-corrected chi connectivity index (χ3v) is 3.77. The Morgan fingerprint density at radius 3 is 3.00 bits per heavy atom. The summed E-state index contributed by atoms with van der Waals surface area (Å²) in [7, 11) is 0. The molecule has 3 nitrogen and oxygen atoms in total. The third kappa shape index (κ3) is 3.06. The van der Waals surface area contributed by atoms with Crippen LogP contribution in [0.15, 0.2) is 23.1 Å². The molecule has 2 rings (SSSR count). The lowest BCUT2D eigenvalue weighted by Crippen LogP contribution is -2.38. The van der Waals surface area contributed by atoms with Gasteiger partial charge in [0.1, 0.15) is 0 Å². The lowest BCUT2D eigenvalue weighted by Gasteiger charge is -2.19. The number of hydrogen-bond donors (Lipinski definition) is 2. The van der Waals surface area contributed by atoms with Crippen LogP contribution in [-0.4, -0.2) is 25.2 Å². The van der Waals surface area contributed by atoms with Crippen LogP contribution in [0.4, 0.5) is 0 Å². The summed E-state index contributed by atoms with van der Waals surface area (Å²) in [5, 5.41) is 3.05. The van der Waals surface area contributed by atoms with Gasteiger partial charge in [0.2, 0.25) is 0 Å². The SMILES string of the molecule is Cc1ccc(S)cc1C(=O)NC(C)C1CCOC1. The van der Waals surface area contributed by atoms with Gasteiger partial charge in [-0.1, -0.05) is 6.07 Å². The lowest BCUT2D eigenvalue weighted by molar-refractivity contribution is 0.0921. The average molecular weight is 265 g/mol. The summed E-state index contributed by atoms with van der Waals surface area (Å²) in [6.07, 6.45) is 1.02. The molecule has 2 atom stereocenters. The van der Waals surface area contributed by atoms with E-state index in [1.165, 1.54) is 0 Å². The summed E-state index contributed by atoms with van der Waals surface area (Å²) in [5.41, 5.74) is 1.67. The van der Waals surface area contributed by atoms with Crippen LogP contribution in [0.2, 0.25) is 0 Å². The summed E-state index contributed by atoms with van der Waals surface area (Å²) in [5.74, 6) is 0.399. The maximum absolute atomic E-state index is 12.2. The Labute approximate surface area is 113 Å². The number of carbonyl (C=O) groups excluding carboxylic acids is 1. The maximum Gasteiger partial charge on any atom is 0.251 e. The second kappa shape index (κ2) is 5.76. The minimum atomic E-state index is -0.0252. The van der Waals surface area contributed by atoms with Crippen LogP contribution >= 0.6 is 12.6 Å². The highest BCUT2D eigenvalue weighted by Crippen LogP contribution is 2.18. The van der Waals surface area contributed by atoms with Crippen LogP contribution in [0.25, 0.3) is 0 Å². The molecule has 1 aliphatic heterocycles. The van der Waals surface area contributed by atoms with E-state index in [1.54, 1.807) is 0 Å². The molecule has 0 radical (unpaired) electrons. The van der Waals surface area contributed by atoms with E-state index in [4.69, 9.17) is 4.74 Å². The van der Waals surface area contributed by atoms with Crippen molar-refractivity contribution in [2.75, 3.05) is 13.2 Å². The van der Waals surface area contributed by atoms with Crippen LogP contribution in [-0.2, 0) is 4.74 Å². The van der Waals surface area contributed by atoms with Crippen LogP contribution in [0.5, 0.6) is 0 Å². The molecule has 1 amide bonds. The Morgan fingerprint density at radius 1 is 1.56 bits per heavy atom. The fourth-order valence-corrected chi connectivity index (χ4v) is 2.41. The van der Waals surface area contributed by atoms with E-state index < -0.39 is 0 Å². The molecule has 0 spiro atoms. The largest absolute Gasteiger partial charge is 0.381 e. The number of hydrogen-bond acceptors (Lipinski definition) is 3. The number of nitrogens with one attached hydrogen (secondary N) is 1. The molecule has 0 bridgehead atoms.